The maximum Gasteiger partial charge on any atom is 0.401 e. The van der Waals surface area contributed by atoms with Crippen LogP contribution < -0.4 is 5.32 Å². The summed E-state index contributed by atoms with van der Waals surface area (Å²) in [6.07, 6.45) is -3.53. The third-order valence-corrected chi connectivity index (χ3v) is 3.60. The van der Waals surface area contributed by atoms with Crippen LogP contribution in [-0.4, -0.2) is 49.7 Å². The van der Waals surface area contributed by atoms with E-state index < -0.39 is 30.6 Å². The minimum Gasteiger partial charge on any atom is -0.316 e. The summed E-state index contributed by atoms with van der Waals surface area (Å²) in [5.74, 6) is -3.04. The van der Waals surface area contributed by atoms with Gasteiger partial charge in [0.2, 0.25) is 0 Å². The van der Waals surface area contributed by atoms with E-state index in [1.165, 1.54) is 0 Å². The van der Waals surface area contributed by atoms with Gasteiger partial charge in [-0.1, -0.05) is 0 Å². The number of piperidine rings is 1. The molecule has 0 aromatic heterocycles. The zero-order valence-corrected chi connectivity index (χ0v) is 9.29. The fourth-order valence-electron chi connectivity index (χ4n) is 2.83. The van der Waals surface area contributed by atoms with Crippen molar-refractivity contribution in [3.05, 3.63) is 0 Å². The summed E-state index contributed by atoms with van der Waals surface area (Å²) in [5.41, 5.74) is -1.31. The van der Waals surface area contributed by atoms with E-state index >= 15 is 0 Å². The van der Waals surface area contributed by atoms with Crippen LogP contribution in [0, 0.1) is 5.41 Å². The van der Waals surface area contributed by atoms with Gasteiger partial charge in [-0.3, -0.25) is 4.90 Å². The molecule has 2 nitrogen and oxygen atoms in total. The monoisotopic (exact) mass is 258 g/mol. The van der Waals surface area contributed by atoms with E-state index in [1.54, 1.807) is 0 Å². The van der Waals surface area contributed by atoms with Crippen molar-refractivity contribution in [2.75, 3.05) is 32.7 Å². The molecular formula is C10H15F5N2. The van der Waals surface area contributed by atoms with E-state index in [-0.39, 0.29) is 13.1 Å². The predicted molar refractivity (Wildman–Crippen MR) is 52.0 cm³/mol. The van der Waals surface area contributed by atoms with E-state index in [0.717, 1.165) is 4.90 Å². The normalized spacial score (nSPS) is 34.4. The van der Waals surface area contributed by atoms with E-state index in [4.69, 9.17) is 0 Å². The Morgan fingerprint density at radius 3 is 2.41 bits per heavy atom. The number of alkyl halides is 5. The van der Waals surface area contributed by atoms with Crippen LogP contribution in [0.3, 0.4) is 0 Å². The third kappa shape index (κ3) is 2.54. The lowest BCUT2D eigenvalue weighted by molar-refractivity contribution is -0.146. The van der Waals surface area contributed by atoms with Gasteiger partial charge in [0.25, 0.3) is 5.92 Å². The van der Waals surface area contributed by atoms with Gasteiger partial charge in [0, 0.05) is 13.1 Å². The third-order valence-electron chi connectivity index (χ3n) is 3.60. The van der Waals surface area contributed by atoms with Crippen molar-refractivity contribution in [2.45, 2.75) is 24.9 Å². The Hall–Kier alpha value is -0.430. The average molecular weight is 258 g/mol. The second kappa shape index (κ2) is 4.05. The molecule has 0 amide bonds. The molecule has 0 aliphatic carbocycles. The Kier molecular flexibility index (Phi) is 3.10. The summed E-state index contributed by atoms with van der Waals surface area (Å²) in [6.45, 7) is -1.43. The zero-order chi connectivity index (χ0) is 12.7. The number of nitrogens with zero attached hydrogens (tertiary/aromatic N) is 1. The number of likely N-dealkylation sites (tertiary alicyclic amines) is 1. The highest BCUT2D eigenvalue weighted by atomic mass is 19.4. The van der Waals surface area contributed by atoms with E-state index in [1.807, 2.05) is 0 Å². The van der Waals surface area contributed by atoms with Crippen molar-refractivity contribution < 1.29 is 22.0 Å². The topological polar surface area (TPSA) is 15.3 Å². The molecule has 2 saturated heterocycles. The first kappa shape index (κ1) is 13.0. The van der Waals surface area contributed by atoms with Crippen LogP contribution in [0.2, 0.25) is 0 Å². The van der Waals surface area contributed by atoms with Gasteiger partial charge in [-0.15, -0.1) is 0 Å². The number of hydrogen-bond acceptors (Lipinski definition) is 2. The van der Waals surface area contributed by atoms with Crippen LogP contribution in [0.25, 0.3) is 0 Å². The van der Waals surface area contributed by atoms with Crippen LogP contribution in [0.1, 0.15) is 12.8 Å². The zero-order valence-electron chi connectivity index (χ0n) is 9.29. The van der Waals surface area contributed by atoms with Gasteiger partial charge in [-0.2, -0.15) is 13.2 Å². The van der Waals surface area contributed by atoms with Crippen LogP contribution >= 0.6 is 0 Å². The SMILES string of the molecule is FC(F)(F)CN1CC(F)(F)C2(CCCNC2)C1. The van der Waals surface area contributed by atoms with Gasteiger partial charge < -0.3 is 5.32 Å². The fraction of sp³-hybridized carbons (Fsp3) is 1.00. The summed E-state index contributed by atoms with van der Waals surface area (Å²) in [7, 11) is 0. The Morgan fingerprint density at radius 1 is 1.18 bits per heavy atom. The summed E-state index contributed by atoms with van der Waals surface area (Å²) in [6, 6.07) is 0. The maximum absolute atomic E-state index is 13.9. The van der Waals surface area contributed by atoms with Crippen LogP contribution in [0.5, 0.6) is 0 Å². The van der Waals surface area contributed by atoms with Gasteiger partial charge in [0.05, 0.1) is 18.5 Å². The largest absolute Gasteiger partial charge is 0.401 e. The highest BCUT2D eigenvalue weighted by Crippen LogP contribution is 2.48. The van der Waals surface area contributed by atoms with Crippen molar-refractivity contribution in [3.63, 3.8) is 0 Å². The van der Waals surface area contributed by atoms with Gasteiger partial charge in [0.15, 0.2) is 0 Å². The second-order valence-electron chi connectivity index (χ2n) is 5.03. The molecule has 2 rings (SSSR count). The Morgan fingerprint density at radius 2 is 1.88 bits per heavy atom. The predicted octanol–water partition coefficient (Wildman–Crippen LogP) is 1.87. The average Bonchev–Trinajstić information content (AvgIpc) is 2.35. The maximum atomic E-state index is 13.9. The highest BCUT2D eigenvalue weighted by Gasteiger charge is 2.60. The van der Waals surface area contributed by atoms with E-state index in [9.17, 15) is 22.0 Å². The molecule has 2 heterocycles. The summed E-state index contributed by atoms with van der Waals surface area (Å²) >= 11 is 0. The first-order chi connectivity index (χ1) is 7.74. The molecule has 0 aromatic carbocycles. The smallest absolute Gasteiger partial charge is 0.316 e. The van der Waals surface area contributed by atoms with Gasteiger partial charge in [-0.05, 0) is 19.4 Å². The Balaban J connectivity index is 2.09. The first-order valence-corrected chi connectivity index (χ1v) is 5.62. The Labute approximate surface area is 96.1 Å². The molecule has 2 fully saturated rings. The van der Waals surface area contributed by atoms with Gasteiger partial charge >= 0.3 is 6.18 Å². The van der Waals surface area contributed by atoms with Crippen molar-refractivity contribution in [2.24, 2.45) is 5.41 Å². The first-order valence-electron chi connectivity index (χ1n) is 5.62. The van der Waals surface area contributed by atoms with E-state index in [2.05, 4.69) is 5.32 Å². The van der Waals surface area contributed by atoms with Crippen molar-refractivity contribution in [1.82, 2.24) is 10.2 Å². The lowest BCUT2D eigenvalue weighted by atomic mass is 9.77. The molecule has 0 bridgehead atoms. The Bertz CT molecular complexity index is 283. The minimum atomic E-state index is -4.41. The molecular weight excluding hydrogens is 243 g/mol. The fourth-order valence-corrected chi connectivity index (χ4v) is 2.83. The molecule has 1 unspecified atom stereocenters. The molecule has 7 heteroatoms. The van der Waals surface area contributed by atoms with Crippen molar-refractivity contribution >= 4 is 0 Å². The lowest BCUT2D eigenvalue weighted by Crippen LogP contribution is -2.51. The standard InChI is InChI=1S/C10H15F5N2/c11-9(12)6-17(7-10(13,14)15)5-8(9)2-1-3-16-4-8/h16H,1-7H2. The molecule has 1 N–H and O–H groups in total. The van der Waals surface area contributed by atoms with Crippen LogP contribution in [-0.2, 0) is 0 Å². The quantitative estimate of drug-likeness (QED) is 0.722. The number of rotatable bonds is 1. The minimum absolute atomic E-state index is 0.106. The summed E-state index contributed by atoms with van der Waals surface area (Å²) in [4.78, 5) is 0.826. The molecule has 0 radical (unpaired) electrons. The number of halogens is 5. The molecule has 17 heavy (non-hydrogen) atoms. The lowest BCUT2D eigenvalue weighted by Gasteiger charge is -2.37. The number of nitrogens with one attached hydrogen (secondary N) is 1. The van der Waals surface area contributed by atoms with Crippen LogP contribution in [0.4, 0.5) is 22.0 Å². The molecule has 0 saturated carbocycles. The summed E-state index contributed by atoms with van der Waals surface area (Å²) < 4.78 is 64.4. The van der Waals surface area contributed by atoms with Gasteiger partial charge in [-0.25, -0.2) is 8.78 Å². The molecule has 2 aliphatic rings. The van der Waals surface area contributed by atoms with E-state index in [0.29, 0.717) is 19.4 Å². The molecule has 100 valence electrons. The van der Waals surface area contributed by atoms with Crippen molar-refractivity contribution in [1.29, 1.82) is 0 Å². The van der Waals surface area contributed by atoms with Crippen molar-refractivity contribution in [3.8, 4) is 0 Å². The summed E-state index contributed by atoms with van der Waals surface area (Å²) in [5, 5.41) is 2.87. The molecule has 2 aliphatic heterocycles. The number of hydrogen-bond donors (Lipinski definition) is 1. The van der Waals surface area contributed by atoms with Gasteiger partial charge in [0.1, 0.15) is 0 Å². The highest BCUT2D eigenvalue weighted by molar-refractivity contribution is 5.05. The van der Waals surface area contributed by atoms with Crippen LogP contribution in [0.15, 0.2) is 0 Å². The molecule has 0 aromatic rings. The molecule has 1 spiro atoms. The molecule has 1 atom stereocenters. The second-order valence-corrected chi connectivity index (χ2v) is 5.03.